The van der Waals surface area contributed by atoms with E-state index in [4.69, 9.17) is 4.42 Å². The van der Waals surface area contributed by atoms with E-state index >= 15 is 0 Å². The van der Waals surface area contributed by atoms with Crippen LogP contribution in [-0.2, 0) is 11.3 Å². The van der Waals surface area contributed by atoms with E-state index in [0.717, 1.165) is 16.8 Å². The van der Waals surface area contributed by atoms with Crippen LogP contribution in [0.2, 0.25) is 0 Å². The fraction of sp³-hybridized carbons (Fsp3) is 0.333. The predicted octanol–water partition coefficient (Wildman–Crippen LogP) is 3.03. The van der Waals surface area contributed by atoms with E-state index in [9.17, 15) is 14.0 Å². The number of halogens is 1. The molecule has 0 atom stereocenters. The molecule has 28 heavy (non-hydrogen) atoms. The summed E-state index contributed by atoms with van der Waals surface area (Å²) in [6.07, 6.45) is 0. The van der Waals surface area contributed by atoms with E-state index in [-0.39, 0.29) is 17.6 Å². The number of carbonyl (C=O) groups is 2. The molecule has 1 saturated heterocycles. The number of fused-ring (bicyclic) bond motifs is 1. The second-order valence-corrected chi connectivity index (χ2v) is 7.15. The Balaban J connectivity index is 1.66. The fourth-order valence-corrected chi connectivity index (χ4v) is 3.72. The van der Waals surface area contributed by atoms with Crippen LogP contribution in [0.15, 0.2) is 40.8 Å². The summed E-state index contributed by atoms with van der Waals surface area (Å²) in [5.41, 5.74) is 2.73. The first-order chi connectivity index (χ1) is 13.4. The van der Waals surface area contributed by atoms with Gasteiger partial charge in [-0.1, -0.05) is 12.1 Å². The molecule has 3 heterocycles. The van der Waals surface area contributed by atoms with Gasteiger partial charge in [0, 0.05) is 51.8 Å². The first-order valence-corrected chi connectivity index (χ1v) is 9.31. The number of piperazine rings is 1. The molecule has 7 heteroatoms. The average Bonchev–Trinajstić information content (AvgIpc) is 3.18. The smallest absolute Gasteiger partial charge is 0.270 e. The number of hydrogen-bond donors (Lipinski definition) is 0. The number of nitrogens with zero attached hydrogens (tertiary/aromatic N) is 3. The average molecular weight is 383 g/mol. The summed E-state index contributed by atoms with van der Waals surface area (Å²) in [7, 11) is 0. The van der Waals surface area contributed by atoms with Crippen LogP contribution in [-0.4, -0.2) is 52.4 Å². The SMILES string of the molecule is CC(=O)N1CCN(C(=O)c2cc3oc(C)cc3n2Cc2cccc(F)c2)CC1. The van der Waals surface area contributed by atoms with Crippen molar-refractivity contribution in [1.82, 2.24) is 14.4 Å². The van der Waals surface area contributed by atoms with Crippen LogP contribution in [0.1, 0.15) is 28.7 Å². The van der Waals surface area contributed by atoms with E-state index < -0.39 is 0 Å². The van der Waals surface area contributed by atoms with Crippen LogP contribution in [0.3, 0.4) is 0 Å². The second-order valence-electron chi connectivity index (χ2n) is 7.15. The Morgan fingerprint density at radius 3 is 2.46 bits per heavy atom. The number of aryl methyl sites for hydroxylation is 1. The largest absolute Gasteiger partial charge is 0.460 e. The van der Waals surface area contributed by atoms with Gasteiger partial charge in [0.15, 0.2) is 5.58 Å². The molecule has 0 radical (unpaired) electrons. The van der Waals surface area contributed by atoms with Crippen LogP contribution in [0.4, 0.5) is 4.39 Å². The molecule has 3 aromatic rings. The Morgan fingerprint density at radius 1 is 1.07 bits per heavy atom. The Bertz CT molecular complexity index is 1040. The monoisotopic (exact) mass is 383 g/mol. The maximum Gasteiger partial charge on any atom is 0.270 e. The molecular formula is C21H22FN3O3. The highest BCUT2D eigenvalue weighted by molar-refractivity contribution is 5.98. The van der Waals surface area contributed by atoms with Crippen molar-refractivity contribution in [2.75, 3.05) is 26.2 Å². The maximum absolute atomic E-state index is 13.6. The van der Waals surface area contributed by atoms with Crippen molar-refractivity contribution in [3.05, 3.63) is 59.2 Å². The third-order valence-electron chi connectivity index (χ3n) is 5.17. The van der Waals surface area contributed by atoms with Crippen LogP contribution in [0, 0.1) is 12.7 Å². The first kappa shape index (κ1) is 18.3. The molecule has 1 aromatic carbocycles. The number of aromatic nitrogens is 1. The van der Waals surface area contributed by atoms with Gasteiger partial charge in [0.05, 0.1) is 5.52 Å². The zero-order chi connectivity index (χ0) is 19.8. The summed E-state index contributed by atoms with van der Waals surface area (Å²) in [5.74, 6) is 0.364. The molecule has 1 fully saturated rings. The van der Waals surface area contributed by atoms with E-state index in [2.05, 4.69) is 0 Å². The minimum atomic E-state index is -0.308. The highest BCUT2D eigenvalue weighted by atomic mass is 19.1. The van der Waals surface area contributed by atoms with Gasteiger partial charge in [0.25, 0.3) is 5.91 Å². The fourth-order valence-electron chi connectivity index (χ4n) is 3.72. The Hall–Kier alpha value is -3.09. The first-order valence-electron chi connectivity index (χ1n) is 9.31. The topological polar surface area (TPSA) is 58.7 Å². The van der Waals surface area contributed by atoms with Gasteiger partial charge >= 0.3 is 0 Å². The number of furan rings is 1. The molecule has 0 spiro atoms. The molecule has 1 aliphatic heterocycles. The molecule has 0 unspecified atom stereocenters. The quantitative estimate of drug-likeness (QED) is 0.699. The number of hydrogen-bond acceptors (Lipinski definition) is 3. The number of rotatable bonds is 3. The van der Waals surface area contributed by atoms with E-state index in [0.29, 0.717) is 44.0 Å². The molecule has 146 valence electrons. The van der Waals surface area contributed by atoms with Gasteiger partial charge in [-0.3, -0.25) is 9.59 Å². The van der Waals surface area contributed by atoms with Crippen molar-refractivity contribution in [2.45, 2.75) is 20.4 Å². The summed E-state index contributed by atoms with van der Waals surface area (Å²) >= 11 is 0. The second kappa shape index (κ2) is 7.14. The maximum atomic E-state index is 13.6. The third-order valence-corrected chi connectivity index (χ3v) is 5.17. The molecule has 0 bridgehead atoms. The standard InChI is InChI=1S/C21H22FN3O3/c1-14-10-18-20(28-14)12-19(25(18)13-16-4-3-5-17(22)11-16)21(27)24-8-6-23(7-9-24)15(2)26/h3-5,10-12H,6-9,13H2,1-2H3. The van der Waals surface area contributed by atoms with Gasteiger partial charge in [0.2, 0.25) is 5.91 Å². The summed E-state index contributed by atoms with van der Waals surface area (Å²) in [6.45, 7) is 5.80. The highest BCUT2D eigenvalue weighted by Crippen LogP contribution is 2.26. The van der Waals surface area contributed by atoms with E-state index in [1.54, 1.807) is 21.9 Å². The Kier molecular flexibility index (Phi) is 4.66. The summed E-state index contributed by atoms with van der Waals surface area (Å²) in [4.78, 5) is 28.2. The molecule has 6 nitrogen and oxygen atoms in total. The van der Waals surface area contributed by atoms with Crippen molar-refractivity contribution in [3.8, 4) is 0 Å². The lowest BCUT2D eigenvalue weighted by Crippen LogP contribution is -2.50. The van der Waals surface area contributed by atoms with Gasteiger partial charge in [-0.2, -0.15) is 0 Å². The molecule has 2 aromatic heterocycles. The van der Waals surface area contributed by atoms with Crippen LogP contribution in [0.5, 0.6) is 0 Å². The third kappa shape index (κ3) is 3.40. The van der Waals surface area contributed by atoms with Gasteiger partial charge < -0.3 is 18.8 Å². The highest BCUT2D eigenvalue weighted by Gasteiger charge is 2.27. The van der Waals surface area contributed by atoms with Crippen molar-refractivity contribution in [2.24, 2.45) is 0 Å². The van der Waals surface area contributed by atoms with Crippen molar-refractivity contribution >= 4 is 22.9 Å². The van der Waals surface area contributed by atoms with Gasteiger partial charge in [-0.15, -0.1) is 0 Å². The van der Waals surface area contributed by atoms with Crippen LogP contribution >= 0.6 is 0 Å². The normalized spacial score (nSPS) is 14.7. The lowest BCUT2D eigenvalue weighted by Gasteiger charge is -2.34. The zero-order valence-electron chi connectivity index (χ0n) is 15.9. The number of carbonyl (C=O) groups excluding carboxylic acids is 2. The molecule has 0 aliphatic carbocycles. The Morgan fingerprint density at radius 2 is 1.79 bits per heavy atom. The van der Waals surface area contributed by atoms with Gasteiger partial charge in [-0.05, 0) is 24.6 Å². The molecule has 2 amide bonds. The number of benzene rings is 1. The lowest BCUT2D eigenvalue weighted by molar-refractivity contribution is -0.130. The van der Waals surface area contributed by atoms with Crippen molar-refractivity contribution in [3.63, 3.8) is 0 Å². The minimum absolute atomic E-state index is 0.0227. The molecule has 0 saturated carbocycles. The van der Waals surface area contributed by atoms with Crippen molar-refractivity contribution in [1.29, 1.82) is 0 Å². The number of amides is 2. The van der Waals surface area contributed by atoms with Gasteiger partial charge in [-0.25, -0.2) is 4.39 Å². The van der Waals surface area contributed by atoms with E-state index in [1.165, 1.54) is 19.1 Å². The van der Waals surface area contributed by atoms with E-state index in [1.807, 2.05) is 23.6 Å². The van der Waals surface area contributed by atoms with Crippen LogP contribution < -0.4 is 0 Å². The Labute approximate surface area is 162 Å². The van der Waals surface area contributed by atoms with Crippen LogP contribution in [0.25, 0.3) is 11.1 Å². The molecule has 4 rings (SSSR count). The minimum Gasteiger partial charge on any atom is -0.460 e. The zero-order valence-corrected chi connectivity index (χ0v) is 15.9. The van der Waals surface area contributed by atoms with Crippen molar-refractivity contribution < 1.29 is 18.4 Å². The molecule has 1 aliphatic rings. The summed E-state index contributed by atoms with van der Waals surface area (Å²) in [5, 5.41) is 0. The summed E-state index contributed by atoms with van der Waals surface area (Å²) < 4.78 is 21.2. The molecule has 0 N–H and O–H groups in total. The van der Waals surface area contributed by atoms with Gasteiger partial charge in [0.1, 0.15) is 17.3 Å². The molecular weight excluding hydrogens is 361 g/mol. The lowest BCUT2D eigenvalue weighted by atomic mass is 10.2. The predicted molar refractivity (Wildman–Crippen MR) is 103 cm³/mol. The summed E-state index contributed by atoms with van der Waals surface area (Å²) in [6, 6.07) is 10.0.